The van der Waals surface area contributed by atoms with E-state index in [9.17, 15) is 62.3 Å². The molecule has 38 nitrogen and oxygen atoms in total. The van der Waals surface area contributed by atoms with E-state index in [0.29, 0.717) is 131 Å². The Morgan fingerprint density at radius 1 is 0.401 bits per heavy atom. The molecule has 796 valence electrons. The lowest BCUT2D eigenvalue weighted by atomic mass is 9.80. The summed E-state index contributed by atoms with van der Waals surface area (Å²) in [6.07, 6.45) is 1.15. The lowest BCUT2D eigenvalue weighted by Crippen LogP contribution is -2.58. The number of ether oxygens (including phenoxy) is 13. The van der Waals surface area contributed by atoms with Crippen molar-refractivity contribution >= 4 is 111 Å². The average molecular weight is 2050 g/mol. The molecule has 0 bridgehead atoms. The maximum Gasteiger partial charge on any atom is 0.307 e. The third-order valence-electron chi connectivity index (χ3n) is 25.8. The number of carbonyl (C=O) groups is 14. The maximum absolute atomic E-state index is 15.9. The normalized spacial score (nSPS) is 21.2. The molecule has 6 rings (SSSR count). The van der Waals surface area contributed by atoms with Gasteiger partial charge < -0.3 is 119 Å². The molecule has 41 heteroatoms. The zero-order valence-electron chi connectivity index (χ0n) is 85.3. The van der Waals surface area contributed by atoms with Gasteiger partial charge in [0.25, 0.3) is 5.91 Å². The van der Waals surface area contributed by atoms with Gasteiger partial charge in [-0.05, 0) is 179 Å². The van der Waals surface area contributed by atoms with Gasteiger partial charge in [0.05, 0.1) is 63.7 Å². The Hall–Kier alpha value is -9.61. The molecule has 0 aliphatic carbocycles. The highest BCUT2D eigenvalue weighted by molar-refractivity contribution is 8.38. The smallest absolute Gasteiger partial charge is 0.307 e. The predicted octanol–water partition coefficient (Wildman–Crippen LogP) is 8.24. The molecule has 3 aliphatic heterocycles. The Labute approximate surface area is 845 Å². The second-order valence-electron chi connectivity index (χ2n) is 36.6. The third-order valence-corrected chi connectivity index (χ3v) is 26.7. The van der Waals surface area contributed by atoms with Gasteiger partial charge in [-0.25, -0.2) is 11.2 Å². The van der Waals surface area contributed by atoms with Crippen LogP contribution in [-0.4, -0.2) is 280 Å². The van der Waals surface area contributed by atoms with Crippen molar-refractivity contribution in [2.24, 2.45) is 35.5 Å². The summed E-state index contributed by atoms with van der Waals surface area (Å²) < 4.78 is 80.1. The second-order valence-corrected chi connectivity index (χ2v) is 40.5. The molecule has 3 aliphatic rings. The monoisotopic (exact) mass is 2050 g/mol. The summed E-state index contributed by atoms with van der Waals surface area (Å²) in [5, 5.41) is 24.1. The van der Waals surface area contributed by atoms with Crippen LogP contribution < -0.4 is 56.7 Å². The maximum atomic E-state index is 15.9. The minimum absolute atomic E-state index is 0.0252. The summed E-state index contributed by atoms with van der Waals surface area (Å²) in [7, 11) is 5.21. The number of unbranched alkanes of at least 4 members (excludes halogenated alkanes) is 5. The molecule has 3 fully saturated rings. The Bertz CT molecular complexity index is 4430. The van der Waals surface area contributed by atoms with Crippen LogP contribution >= 0.6 is 8.02 Å². The fourth-order valence-corrected chi connectivity index (χ4v) is 18.1. The van der Waals surface area contributed by atoms with Crippen molar-refractivity contribution in [2.75, 3.05) is 126 Å². The standard InChI is InChI=1S/C101H157N11O27PS2/c1-66-69(4)94(107-72(7)113)98(137-83(66)62-132-75(10)116)129-59-25-18-34-87(119)103-51-22-21-49-102-50-30-57-111(92(124)38-29-53-105-89(121)36-20-27-61-131-100-96(109-74(9)115)71(6)68(3)85(139-100)64-134-77(12)118)55-23-24-56-112(58-31-54-106-90(122)37-28-52-104-88(120)35-19-26-60-130-99-95(108-73(8)114)70(5)67(2)84(138-99)63-133-76(11)117)97(126)86(136-93(125)48-47-91(123)110-142(140)141)65-135-101(78-32-16-15-17-33-78,79-39-43-81(127-13)44-40-79)80-41-45-82(128-14)46-42-80/h15-17,32-33,39-46,66-71,83-86,94-96,98-100,102,140H,18-31,34-38,47-65H2,1-14H3,(H,103,119)(H,104,120)(H,105,121)(H,106,122)(H,107,113)(H,108,114)(H,109,115)(H,110,123,141)/q-1. The quantitative estimate of drug-likeness (QED) is 0.00641. The second kappa shape index (κ2) is 66.4. The van der Waals surface area contributed by atoms with Crippen molar-refractivity contribution in [3.05, 3.63) is 95.6 Å². The Morgan fingerprint density at radius 3 is 1.15 bits per heavy atom. The Morgan fingerprint density at radius 2 is 0.754 bits per heavy atom. The van der Waals surface area contributed by atoms with Gasteiger partial charge in [-0.15, -0.1) is 0 Å². The number of esters is 4. The van der Waals surface area contributed by atoms with E-state index >= 15 is 4.79 Å². The zero-order valence-corrected chi connectivity index (χ0v) is 88.0. The van der Waals surface area contributed by atoms with Gasteiger partial charge in [-0.2, -0.15) is 0 Å². The highest BCUT2D eigenvalue weighted by Crippen LogP contribution is 2.43. The average Bonchev–Trinajstić information content (AvgIpc) is 0.748. The van der Waals surface area contributed by atoms with E-state index in [-0.39, 0.29) is 207 Å². The highest BCUT2D eigenvalue weighted by Gasteiger charge is 2.47. The molecule has 9 N–H and O–H groups in total. The van der Waals surface area contributed by atoms with Crippen molar-refractivity contribution in [1.29, 1.82) is 0 Å². The Balaban J connectivity index is 1.15. The van der Waals surface area contributed by atoms with Crippen LogP contribution in [0, 0.1) is 35.5 Å². The van der Waals surface area contributed by atoms with E-state index in [4.69, 9.17) is 72.8 Å². The van der Waals surface area contributed by atoms with Crippen LogP contribution in [0.5, 0.6) is 11.5 Å². The number of benzene rings is 3. The molecule has 3 aromatic carbocycles. The van der Waals surface area contributed by atoms with Gasteiger partial charge in [0, 0.05) is 152 Å². The molecular weight excluding hydrogens is 1890 g/mol. The van der Waals surface area contributed by atoms with Crippen molar-refractivity contribution in [1.82, 2.24) is 57.1 Å². The van der Waals surface area contributed by atoms with Crippen LogP contribution in [0.15, 0.2) is 78.9 Å². The fraction of sp³-hybridized carbons (Fsp3) is 0.683. The number of amides is 10. The summed E-state index contributed by atoms with van der Waals surface area (Å²) in [6, 6.07) is 22.4. The van der Waals surface area contributed by atoms with Crippen LogP contribution in [-0.2, 0) is 145 Å². The molecule has 0 aromatic heterocycles. The Kier molecular flexibility index (Phi) is 56.6. The van der Waals surface area contributed by atoms with Crippen LogP contribution in [0.1, 0.15) is 235 Å². The molecule has 0 spiro atoms. The van der Waals surface area contributed by atoms with E-state index in [1.54, 1.807) is 48.3 Å². The van der Waals surface area contributed by atoms with Gasteiger partial charge in [-0.3, -0.25) is 84.0 Å². The SMILES string of the molecule is COc1ccc(C(OCC(OC(=O)CCC(=O)N[S-](=P)=S)C(=O)N(CCCCN(CCCNCCCCNC(=O)CCCCOC2OC(COC(C)=O)C(C)C(C)C2NC(C)=O)C(=O)CCCNC(=O)CCCCOC2OC(COC(C)=O)C(C)C(C)C2NC(C)=O)CCCNC(=O)CCCNC(=O)CCCCOC2OC(COC(C)=O)C(C)C(C)C2NC(C)=O)(c2ccccc2)c2ccc(OC)cc2)cc1. The van der Waals surface area contributed by atoms with Crippen molar-refractivity contribution < 1.29 is 129 Å². The molecule has 0 saturated carbocycles. The number of methoxy groups -OCH3 is 2. The third kappa shape index (κ3) is 44.1. The minimum atomic E-state index is -1.65. The first-order valence-electron chi connectivity index (χ1n) is 49.9. The molecule has 0 radical (unpaired) electrons. The topological polar surface area (TPSA) is 474 Å². The molecule has 3 heterocycles. The van der Waals surface area contributed by atoms with E-state index in [0.717, 1.165) is 6.42 Å². The van der Waals surface area contributed by atoms with Crippen molar-refractivity contribution in [2.45, 2.75) is 285 Å². The molecule has 3 aromatic rings. The summed E-state index contributed by atoms with van der Waals surface area (Å²) in [6.45, 7) is 23.2. The lowest BCUT2D eigenvalue weighted by Gasteiger charge is -2.44. The highest BCUT2D eigenvalue weighted by atomic mass is 32.9. The summed E-state index contributed by atoms with van der Waals surface area (Å²) in [5.41, 5.74) is 0.363. The molecule has 16 unspecified atom stereocenters. The van der Waals surface area contributed by atoms with E-state index in [1.165, 1.54) is 41.5 Å². The van der Waals surface area contributed by atoms with E-state index in [2.05, 4.69) is 55.3 Å². The molecule has 10 amide bonds. The van der Waals surface area contributed by atoms with Gasteiger partial charge in [0.15, 0.2) is 18.9 Å². The van der Waals surface area contributed by atoms with Crippen molar-refractivity contribution in [3.63, 3.8) is 0 Å². The van der Waals surface area contributed by atoms with Gasteiger partial charge in [-0.1, -0.05) is 96.1 Å². The number of carbonyl (C=O) groups excluding carboxylic acids is 14. The summed E-state index contributed by atoms with van der Waals surface area (Å²) in [5.74, 6) is -4.39. The van der Waals surface area contributed by atoms with E-state index in [1.807, 2.05) is 96.1 Å². The van der Waals surface area contributed by atoms with Crippen LogP contribution in [0.25, 0.3) is 0 Å². The van der Waals surface area contributed by atoms with Crippen LogP contribution in [0.4, 0.5) is 0 Å². The zero-order chi connectivity index (χ0) is 104. The largest absolute Gasteiger partial charge is 0.497 e. The van der Waals surface area contributed by atoms with Crippen LogP contribution in [0.3, 0.4) is 0 Å². The van der Waals surface area contributed by atoms with Crippen LogP contribution in [0.2, 0.25) is 0 Å². The number of hydrogen-bond acceptors (Lipinski definition) is 30. The first-order valence-corrected chi connectivity index (χ1v) is 53.3. The first-order chi connectivity index (χ1) is 67.9. The van der Waals surface area contributed by atoms with Gasteiger partial charge >= 0.3 is 23.9 Å². The number of rotatable bonds is 67. The number of hydrogen-bond donors (Lipinski definition) is 9. The minimum Gasteiger partial charge on any atom is -0.497 e. The molecule has 16 atom stereocenters. The van der Waals surface area contributed by atoms with E-state index < -0.39 is 125 Å². The molecule has 142 heavy (non-hydrogen) atoms. The predicted molar refractivity (Wildman–Crippen MR) is 536 cm³/mol. The lowest BCUT2D eigenvalue weighted by molar-refractivity contribution is -0.244. The fourth-order valence-electron chi connectivity index (χ4n) is 17.1. The number of nitrogens with zero attached hydrogens (tertiary/aromatic N) is 2. The summed E-state index contributed by atoms with van der Waals surface area (Å²) in [4.78, 5) is 186. The van der Waals surface area contributed by atoms with Crippen molar-refractivity contribution in [3.8, 4) is 11.5 Å². The summed E-state index contributed by atoms with van der Waals surface area (Å²) >= 11 is 5.15. The molecule has 3 saturated heterocycles. The molecular formula is C101H157N11O27PS2-. The first kappa shape index (κ1) is 121. The number of nitrogens with one attached hydrogen (secondary N) is 9. The van der Waals surface area contributed by atoms with Gasteiger partial charge in [0.1, 0.15) is 36.9 Å². The van der Waals surface area contributed by atoms with Gasteiger partial charge in [0.2, 0.25) is 59.3 Å².